The van der Waals surface area contributed by atoms with Crippen molar-refractivity contribution in [2.45, 2.75) is 31.0 Å². The number of ether oxygens (including phenoxy) is 1. The number of nitrogens with zero attached hydrogens (tertiary/aromatic N) is 2. The summed E-state index contributed by atoms with van der Waals surface area (Å²) in [5.41, 5.74) is 8.37. The smallest absolute Gasteiger partial charge is 0.319 e. The number of nitrogens with two attached hydrogens (primary N) is 1. The second-order valence-corrected chi connectivity index (χ2v) is 10.3. The monoisotopic (exact) mass is 571 g/mol. The number of aromatic nitrogens is 2. The molecule has 2 aromatic heterocycles. The Hall–Kier alpha value is -5.26. The first-order chi connectivity index (χ1) is 20.2. The molecule has 12 nitrogen and oxygen atoms in total. The van der Waals surface area contributed by atoms with Gasteiger partial charge in [-0.15, -0.1) is 0 Å². The van der Waals surface area contributed by atoms with Crippen LogP contribution in [0.4, 0.5) is 10.5 Å². The Labute approximate surface area is 242 Å². The van der Waals surface area contributed by atoms with Crippen molar-refractivity contribution in [3.05, 3.63) is 84.3 Å². The first kappa shape index (κ1) is 28.3. The van der Waals surface area contributed by atoms with Crippen LogP contribution in [-0.4, -0.2) is 70.0 Å². The summed E-state index contributed by atoms with van der Waals surface area (Å²) >= 11 is 0. The molecule has 1 aliphatic heterocycles. The number of fused-ring (bicyclic) bond motifs is 1. The van der Waals surface area contributed by atoms with Gasteiger partial charge in [0.15, 0.2) is 0 Å². The van der Waals surface area contributed by atoms with Crippen LogP contribution in [0.5, 0.6) is 5.75 Å². The summed E-state index contributed by atoms with van der Waals surface area (Å²) in [6.07, 6.45) is 3.85. The Balaban J connectivity index is 1.31. The zero-order valence-corrected chi connectivity index (χ0v) is 23.3. The number of para-hydroxylation sites is 1. The van der Waals surface area contributed by atoms with E-state index in [9.17, 15) is 19.2 Å². The summed E-state index contributed by atoms with van der Waals surface area (Å²) < 4.78 is 6.81. The summed E-state index contributed by atoms with van der Waals surface area (Å²) in [5.74, 6) is -0.935. The van der Waals surface area contributed by atoms with E-state index in [0.29, 0.717) is 17.1 Å². The third-order valence-electron chi connectivity index (χ3n) is 7.47. The highest BCUT2D eigenvalue weighted by molar-refractivity contribution is 5.98. The number of aryl methyl sites for hydroxylation is 1. The maximum atomic E-state index is 13.6. The van der Waals surface area contributed by atoms with E-state index in [1.54, 1.807) is 67.5 Å². The second kappa shape index (κ2) is 12.1. The van der Waals surface area contributed by atoms with Crippen LogP contribution in [0, 0.1) is 0 Å². The van der Waals surface area contributed by atoms with Gasteiger partial charge in [0.05, 0.1) is 13.2 Å². The first-order valence-electron chi connectivity index (χ1n) is 13.5. The number of hydrogen-bond acceptors (Lipinski definition) is 5. The van der Waals surface area contributed by atoms with Crippen LogP contribution in [0.2, 0.25) is 0 Å². The number of urea groups is 1. The van der Waals surface area contributed by atoms with Gasteiger partial charge in [-0.25, -0.2) is 4.79 Å². The topological polar surface area (TPSA) is 164 Å². The average Bonchev–Trinajstić information content (AvgIpc) is 3.71. The van der Waals surface area contributed by atoms with Crippen molar-refractivity contribution in [2.24, 2.45) is 12.8 Å². The number of nitrogens with one attached hydrogen (secondary N) is 4. The molecule has 42 heavy (non-hydrogen) atoms. The molecule has 1 aliphatic rings. The molecule has 5 amide bonds. The van der Waals surface area contributed by atoms with Gasteiger partial charge in [-0.1, -0.05) is 18.2 Å². The zero-order valence-electron chi connectivity index (χ0n) is 23.3. The minimum Gasteiger partial charge on any atom is -0.497 e. The lowest BCUT2D eigenvalue weighted by molar-refractivity contribution is -0.129. The first-order valence-corrected chi connectivity index (χ1v) is 13.5. The van der Waals surface area contributed by atoms with Gasteiger partial charge in [0.2, 0.25) is 11.8 Å². The van der Waals surface area contributed by atoms with E-state index in [1.165, 1.54) is 4.90 Å². The Morgan fingerprint density at radius 3 is 2.52 bits per heavy atom. The van der Waals surface area contributed by atoms with Crippen LogP contribution >= 0.6 is 0 Å². The highest BCUT2D eigenvalue weighted by atomic mass is 16.5. The molecular formula is C30H33N7O5. The number of carbonyl (C=O) groups excluding carboxylic acids is 4. The van der Waals surface area contributed by atoms with Gasteiger partial charge in [0.25, 0.3) is 5.91 Å². The van der Waals surface area contributed by atoms with Gasteiger partial charge >= 0.3 is 6.03 Å². The maximum absolute atomic E-state index is 13.6. The highest BCUT2D eigenvalue weighted by Gasteiger charge is 2.42. The second-order valence-electron chi connectivity index (χ2n) is 10.3. The standard InChI is InChI=1S/C30H33N7O5/c1-36-13-5-8-25(36)29(40)37-17-20(34-30(41)33-19-9-11-21(42-2)12-10-19)15-26(37)28(39)35-24(27(31)38)14-18-16-32-23-7-4-3-6-22(18)23/h3-13,16,20,24,26,32H,14-15,17H2,1-2H3,(H2,31,38)(H,35,39)(H2,33,34,41)/t20-,24+,26-/m0/s1. The van der Waals surface area contributed by atoms with Crippen molar-refractivity contribution >= 4 is 40.3 Å². The Morgan fingerprint density at radius 2 is 1.83 bits per heavy atom. The van der Waals surface area contributed by atoms with Crippen LogP contribution in [0.1, 0.15) is 22.5 Å². The average molecular weight is 572 g/mol. The number of aromatic amines is 1. The summed E-state index contributed by atoms with van der Waals surface area (Å²) in [6.45, 7) is 0.0990. The van der Waals surface area contributed by atoms with Crippen LogP contribution in [0.15, 0.2) is 73.1 Å². The molecule has 5 rings (SSSR count). The van der Waals surface area contributed by atoms with Gasteiger partial charge in [0, 0.05) is 49.0 Å². The van der Waals surface area contributed by atoms with Crippen molar-refractivity contribution in [3.8, 4) is 5.75 Å². The molecule has 3 heterocycles. The van der Waals surface area contributed by atoms with E-state index in [4.69, 9.17) is 10.5 Å². The van der Waals surface area contributed by atoms with Crippen LogP contribution < -0.4 is 26.4 Å². The minimum atomic E-state index is -1.01. The molecule has 12 heteroatoms. The molecule has 0 aliphatic carbocycles. The number of carbonyl (C=O) groups is 4. The fourth-order valence-corrected chi connectivity index (χ4v) is 5.28. The van der Waals surface area contributed by atoms with Gasteiger partial charge in [-0.05, 0) is 54.4 Å². The number of amides is 5. The lowest BCUT2D eigenvalue weighted by Gasteiger charge is -2.25. The van der Waals surface area contributed by atoms with Crippen molar-refractivity contribution in [3.63, 3.8) is 0 Å². The molecule has 0 saturated carbocycles. The van der Waals surface area contributed by atoms with E-state index in [2.05, 4.69) is 20.9 Å². The summed E-state index contributed by atoms with van der Waals surface area (Å²) in [4.78, 5) is 57.0. The Kier molecular flexibility index (Phi) is 8.14. The van der Waals surface area contributed by atoms with Crippen LogP contribution in [0.3, 0.4) is 0 Å². The molecule has 6 N–H and O–H groups in total. The maximum Gasteiger partial charge on any atom is 0.319 e. The third kappa shape index (κ3) is 6.07. The molecule has 0 bridgehead atoms. The number of methoxy groups -OCH3 is 1. The number of anilines is 1. The van der Waals surface area contributed by atoms with Gasteiger partial charge in [-0.3, -0.25) is 14.4 Å². The number of benzene rings is 2. The van der Waals surface area contributed by atoms with Gasteiger partial charge in [0.1, 0.15) is 23.5 Å². The highest BCUT2D eigenvalue weighted by Crippen LogP contribution is 2.23. The van der Waals surface area contributed by atoms with Crippen LogP contribution in [-0.2, 0) is 23.1 Å². The molecule has 1 saturated heterocycles. The number of hydrogen-bond donors (Lipinski definition) is 5. The largest absolute Gasteiger partial charge is 0.497 e. The number of likely N-dealkylation sites (tertiary alicyclic amines) is 1. The van der Waals surface area contributed by atoms with E-state index < -0.39 is 36.0 Å². The Morgan fingerprint density at radius 1 is 1.07 bits per heavy atom. The fourth-order valence-electron chi connectivity index (χ4n) is 5.28. The summed E-state index contributed by atoms with van der Waals surface area (Å²) in [7, 11) is 3.29. The van der Waals surface area contributed by atoms with E-state index in [0.717, 1.165) is 16.5 Å². The normalized spacial score (nSPS) is 17.0. The molecule has 3 atom stereocenters. The molecule has 0 unspecified atom stereocenters. The Bertz CT molecular complexity index is 1610. The van der Waals surface area contributed by atoms with Crippen molar-refractivity contribution in [2.75, 3.05) is 19.0 Å². The lowest BCUT2D eigenvalue weighted by atomic mass is 10.0. The quantitative estimate of drug-likeness (QED) is 0.207. The zero-order chi connectivity index (χ0) is 29.8. The van der Waals surface area contributed by atoms with E-state index in [-0.39, 0.29) is 25.3 Å². The summed E-state index contributed by atoms with van der Waals surface area (Å²) in [6, 6.07) is 14.9. The predicted molar refractivity (Wildman–Crippen MR) is 157 cm³/mol. The van der Waals surface area contributed by atoms with Gasteiger partial charge < -0.3 is 40.9 Å². The lowest BCUT2D eigenvalue weighted by Crippen LogP contribution is -2.53. The number of primary amides is 1. The van der Waals surface area contributed by atoms with E-state index >= 15 is 0 Å². The van der Waals surface area contributed by atoms with Crippen molar-refractivity contribution < 1.29 is 23.9 Å². The third-order valence-corrected chi connectivity index (χ3v) is 7.47. The molecular weight excluding hydrogens is 538 g/mol. The molecule has 218 valence electrons. The number of H-pyrrole nitrogens is 1. The molecule has 1 fully saturated rings. The fraction of sp³-hybridized carbons (Fsp3) is 0.267. The SMILES string of the molecule is COc1ccc(NC(=O)N[C@H]2C[C@@H](C(=O)N[C@H](Cc3c[nH]c4ccccc34)C(N)=O)N(C(=O)c3cccn3C)C2)cc1. The molecule has 4 aromatic rings. The van der Waals surface area contributed by atoms with Crippen molar-refractivity contribution in [1.82, 2.24) is 25.1 Å². The predicted octanol–water partition coefficient (Wildman–Crippen LogP) is 2.13. The van der Waals surface area contributed by atoms with E-state index in [1.807, 2.05) is 24.3 Å². The van der Waals surface area contributed by atoms with Crippen LogP contribution in [0.25, 0.3) is 10.9 Å². The van der Waals surface area contributed by atoms with Crippen molar-refractivity contribution in [1.29, 1.82) is 0 Å². The molecule has 0 radical (unpaired) electrons. The minimum absolute atomic E-state index is 0.0990. The van der Waals surface area contributed by atoms with Gasteiger partial charge in [-0.2, -0.15) is 0 Å². The molecule has 0 spiro atoms. The molecule has 2 aromatic carbocycles. The number of rotatable bonds is 9. The summed E-state index contributed by atoms with van der Waals surface area (Å²) in [5, 5.41) is 9.30.